The van der Waals surface area contributed by atoms with Crippen LogP contribution in [0.2, 0.25) is 0 Å². The molecule has 0 saturated heterocycles. The quantitative estimate of drug-likeness (QED) is 0.539. The minimum absolute atomic E-state index is 0. The fourth-order valence-corrected chi connectivity index (χ4v) is 2.73. The zero-order chi connectivity index (χ0) is 18.2. The van der Waals surface area contributed by atoms with Crippen LogP contribution in [-0.4, -0.2) is 11.4 Å². The largest absolute Gasteiger partial charge is 0.417 e. The van der Waals surface area contributed by atoms with Gasteiger partial charge in [-0.15, -0.1) is 0 Å². The molecule has 1 fully saturated rings. The van der Waals surface area contributed by atoms with Gasteiger partial charge in [0.1, 0.15) is 0 Å². The maximum Gasteiger partial charge on any atom is 0.343 e. The topological polar surface area (TPSA) is 57.8 Å². The third kappa shape index (κ3) is 6.56. The molecule has 5 heteroatoms. The molecular weight excluding hydrogens is 338 g/mol. The summed E-state index contributed by atoms with van der Waals surface area (Å²) < 4.78 is 31.3. The van der Waals surface area contributed by atoms with Crippen LogP contribution >= 0.6 is 0 Å². The van der Waals surface area contributed by atoms with Gasteiger partial charge in [0.25, 0.3) is 0 Å². The number of benzene rings is 2. The molecular formula is C21H26F2O3. The van der Waals surface area contributed by atoms with E-state index in [9.17, 15) is 13.6 Å². The number of hydrogen-bond donors (Lipinski definition) is 0. The number of halogens is 2. The lowest BCUT2D eigenvalue weighted by molar-refractivity contribution is 0.0720. The second-order valence-corrected chi connectivity index (χ2v) is 6.55. The van der Waals surface area contributed by atoms with E-state index in [1.807, 2.05) is 6.92 Å². The summed E-state index contributed by atoms with van der Waals surface area (Å²) in [6, 6.07) is 9.77. The molecule has 0 bridgehead atoms. The molecule has 0 aliphatic heterocycles. The van der Waals surface area contributed by atoms with Gasteiger partial charge in [0.2, 0.25) is 5.75 Å². The van der Waals surface area contributed by atoms with E-state index in [0.29, 0.717) is 0 Å². The Labute approximate surface area is 153 Å². The smallest absolute Gasteiger partial charge is 0.343 e. The third-order valence-electron chi connectivity index (χ3n) is 4.29. The summed E-state index contributed by atoms with van der Waals surface area (Å²) in [4.78, 5) is 11.7. The van der Waals surface area contributed by atoms with E-state index < -0.39 is 23.4 Å². The maximum atomic E-state index is 13.3. The van der Waals surface area contributed by atoms with Gasteiger partial charge in [-0.1, -0.05) is 62.8 Å². The summed E-state index contributed by atoms with van der Waals surface area (Å²) in [7, 11) is 0. The van der Waals surface area contributed by atoms with Crippen molar-refractivity contribution in [2.24, 2.45) is 5.92 Å². The minimum atomic E-state index is -0.907. The van der Waals surface area contributed by atoms with E-state index in [1.165, 1.54) is 50.3 Å². The number of esters is 1. The molecule has 0 heterocycles. The highest BCUT2D eigenvalue weighted by Gasteiger charge is 2.15. The first kappa shape index (κ1) is 21.8. The molecule has 0 aromatic heterocycles. The van der Waals surface area contributed by atoms with E-state index in [2.05, 4.69) is 6.92 Å². The van der Waals surface area contributed by atoms with Crippen molar-refractivity contribution in [3.8, 4) is 5.75 Å². The van der Waals surface area contributed by atoms with Crippen molar-refractivity contribution in [1.29, 1.82) is 0 Å². The van der Waals surface area contributed by atoms with Crippen LogP contribution in [0.25, 0.3) is 0 Å². The number of hydrogen-bond acceptors (Lipinski definition) is 2. The number of carbonyl (C=O) groups excluding carboxylic acids is 1. The van der Waals surface area contributed by atoms with Gasteiger partial charge in [-0.25, -0.2) is 13.6 Å². The Morgan fingerprint density at radius 1 is 0.962 bits per heavy atom. The molecule has 142 valence electrons. The Kier molecular flexibility index (Phi) is 8.93. The fraction of sp³-hybridized carbons (Fsp3) is 0.381. The highest BCUT2D eigenvalue weighted by atomic mass is 19.1. The molecule has 0 radical (unpaired) electrons. The lowest BCUT2D eigenvalue weighted by Crippen LogP contribution is -2.10. The van der Waals surface area contributed by atoms with Crippen molar-refractivity contribution in [3.63, 3.8) is 0 Å². The van der Waals surface area contributed by atoms with E-state index in [0.717, 1.165) is 23.6 Å². The molecule has 0 amide bonds. The maximum absolute atomic E-state index is 13.3. The lowest BCUT2D eigenvalue weighted by Gasteiger charge is -2.15. The van der Waals surface area contributed by atoms with Gasteiger partial charge >= 0.3 is 5.97 Å². The molecule has 2 aromatic rings. The minimum Gasteiger partial charge on any atom is -0.417 e. The van der Waals surface area contributed by atoms with Crippen LogP contribution in [0.3, 0.4) is 0 Å². The van der Waals surface area contributed by atoms with Crippen molar-refractivity contribution in [3.05, 3.63) is 65.2 Å². The van der Waals surface area contributed by atoms with E-state index in [1.54, 1.807) is 12.1 Å². The second kappa shape index (κ2) is 10.7. The highest BCUT2D eigenvalue weighted by Crippen LogP contribution is 2.22. The predicted octanol–water partition coefficient (Wildman–Crippen LogP) is 5.25. The SMILES string of the molecule is CC1CCCCC1.Cc1ccc(C(=O)Oc2c(F)cccc2F)cc1.O. The summed E-state index contributed by atoms with van der Waals surface area (Å²) in [5.41, 5.74) is 1.21. The van der Waals surface area contributed by atoms with Crippen LogP contribution in [0.4, 0.5) is 8.78 Å². The summed E-state index contributed by atoms with van der Waals surface area (Å²) in [5, 5.41) is 0. The van der Waals surface area contributed by atoms with Crippen LogP contribution in [-0.2, 0) is 0 Å². The van der Waals surface area contributed by atoms with Gasteiger partial charge in [-0.2, -0.15) is 0 Å². The van der Waals surface area contributed by atoms with Gasteiger partial charge < -0.3 is 10.2 Å². The van der Waals surface area contributed by atoms with Crippen LogP contribution in [0.5, 0.6) is 5.75 Å². The van der Waals surface area contributed by atoms with Crippen LogP contribution < -0.4 is 4.74 Å². The van der Waals surface area contributed by atoms with E-state index in [-0.39, 0.29) is 11.0 Å². The Hall–Kier alpha value is -2.27. The lowest BCUT2D eigenvalue weighted by atomic mass is 9.91. The average Bonchev–Trinajstić information content (AvgIpc) is 2.60. The number of carbonyl (C=O) groups is 1. The number of para-hydroxylation sites is 1. The monoisotopic (exact) mass is 364 g/mol. The van der Waals surface area contributed by atoms with Crippen LogP contribution in [0, 0.1) is 24.5 Å². The van der Waals surface area contributed by atoms with Gasteiger partial charge in [0, 0.05) is 0 Å². The molecule has 3 rings (SSSR count). The molecule has 1 aliphatic carbocycles. The van der Waals surface area contributed by atoms with Crippen LogP contribution in [0.1, 0.15) is 54.9 Å². The summed E-state index contributed by atoms with van der Waals surface area (Å²) in [6.45, 7) is 4.23. The Bertz CT molecular complexity index is 673. The molecule has 3 nitrogen and oxygen atoms in total. The van der Waals surface area contributed by atoms with Crippen LogP contribution in [0.15, 0.2) is 42.5 Å². The first-order chi connectivity index (χ1) is 12.0. The van der Waals surface area contributed by atoms with Crippen molar-refractivity contribution >= 4 is 5.97 Å². The first-order valence-corrected chi connectivity index (χ1v) is 8.70. The predicted molar refractivity (Wildman–Crippen MR) is 98.4 cm³/mol. The molecule has 1 aliphatic rings. The molecule has 0 spiro atoms. The third-order valence-corrected chi connectivity index (χ3v) is 4.29. The van der Waals surface area contributed by atoms with Crippen molar-refractivity contribution in [2.75, 3.05) is 0 Å². The van der Waals surface area contributed by atoms with E-state index in [4.69, 9.17) is 4.74 Å². The average molecular weight is 364 g/mol. The molecule has 0 atom stereocenters. The number of aryl methyl sites for hydroxylation is 1. The molecule has 2 N–H and O–H groups in total. The molecule has 0 unspecified atom stereocenters. The summed E-state index contributed by atoms with van der Waals surface area (Å²) >= 11 is 0. The second-order valence-electron chi connectivity index (χ2n) is 6.55. The Balaban J connectivity index is 0.000000357. The number of rotatable bonds is 2. The first-order valence-electron chi connectivity index (χ1n) is 8.70. The van der Waals surface area contributed by atoms with Gasteiger partial charge in [0.15, 0.2) is 11.6 Å². The standard InChI is InChI=1S/C14H10F2O2.C7H14.H2O/c1-9-5-7-10(8-6-9)14(17)18-13-11(15)3-2-4-12(13)16;1-7-5-3-2-4-6-7;/h2-8H,1H3;7H,2-6H2,1H3;1H2. The highest BCUT2D eigenvalue weighted by molar-refractivity contribution is 5.91. The van der Waals surface area contributed by atoms with Gasteiger partial charge in [-0.3, -0.25) is 0 Å². The van der Waals surface area contributed by atoms with Gasteiger partial charge in [0.05, 0.1) is 5.56 Å². The Morgan fingerprint density at radius 3 is 1.96 bits per heavy atom. The zero-order valence-electron chi connectivity index (χ0n) is 15.2. The molecule has 26 heavy (non-hydrogen) atoms. The fourth-order valence-electron chi connectivity index (χ4n) is 2.73. The number of ether oxygens (including phenoxy) is 1. The molecule has 1 saturated carbocycles. The van der Waals surface area contributed by atoms with Gasteiger partial charge in [-0.05, 0) is 37.1 Å². The zero-order valence-corrected chi connectivity index (χ0v) is 15.2. The normalized spacial score (nSPS) is 13.8. The summed E-state index contributed by atoms with van der Waals surface area (Å²) in [5.74, 6) is -2.25. The van der Waals surface area contributed by atoms with Crippen molar-refractivity contribution in [1.82, 2.24) is 0 Å². The van der Waals surface area contributed by atoms with Crippen molar-refractivity contribution in [2.45, 2.75) is 46.0 Å². The van der Waals surface area contributed by atoms with Crippen molar-refractivity contribution < 1.29 is 23.8 Å². The summed E-state index contributed by atoms with van der Waals surface area (Å²) in [6.07, 6.45) is 7.44. The Morgan fingerprint density at radius 2 is 1.50 bits per heavy atom. The van der Waals surface area contributed by atoms with E-state index >= 15 is 0 Å². The molecule has 2 aromatic carbocycles.